The van der Waals surface area contributed by atoms with E-state index in [9.17, 15) is 19.2 Å². The van der Waals surface area contributed by atoms with Gasteiger partial charge in [0.1, 0.15) is 12.1 Å². The molecule has 3 amide bonds. The fraction of sp³-hybridized carbons (Fsp3) is 0.447. The summed E-state index contributed by atoms with van der Waals surface area (Å²) >= 11 is 8.03. The second-order valence-electron chi connectivity index (χ2n) is 13.7. The first-order valence-electron chi connectivity index (χ1n) is 17.5. The molecule has 0 fully saturated rings. The molecule has 0 saturated carbocycles. The van der Waals surface area contributed by atoms with Gasteiger partial charge in [-0.2, -0.15) is 11.8 Å². The third-order valence-corrected chi connectivity index (χ3v) is 9.52. The van der Waals surface area contributed by atoms with Crippen LogP contribution in [0.25, 0.3) is 11.2 Å². The Labute approximate surface area is 314 Å². The highest BCUT2D eigenvalue weighted by Crippen LogP contribution is 2.31. The van der Waals surface area contributed by atoms with Gasteiger partial charge in [0, 0.05) is 17.5 Å². The fourth-order valence-corrected chi connectivity index (χ4v) is 6.35. The van der Waals surface area contributed by atoms with Crippen molar-refractivity contribution in [1.82, 2.24) is 19.5 Å². The van der Waals surface area contributed by atoms with E-state index in [2.05, 4.69) is 37.8 Å². The van der Waals surface area contributed by atoms with Gasteiger partial charge >= 0.3 is 0 Å². The summed E-state index contributed by atoms with van der Waals surface area (Å²) in [4.78, 5) is 66.2. The van der Waals surface area contributed by atoms with Crippen LogP contribution in [0.2, 0.25) is 5.02 Å². The summed E-state index contributed by atoms with van der Waals surface area (Å²) in [5, 5.41) is 8.61. The topological polar surface area (TPSA) is 157 Å². The molecular weight excluding hydrogens is 702 g/mol. The van der Waals surface area contributed by atoms with Crippen LogP contribution in [0.4, 0.5) is 17.2 Å². The molecule has 3 N–H and O–H groups in total. The van der Waals surface area contributed by atoms with E-state index in [4.69, 9.17) is 16.3 Å². The molecule has 0 aliphatic heterocycles. The number of ether oxygens (including phenoxy) is 1. The van der Waals surface area contributed by atoms with Crippen LogP contribution in [-0.4, -0.2) is 61.1 Å². The molecule has 2 heterocycles. The van der Waals surface area contributed by atoms with Crippen LogP contribution in [0, 0.1) is 19.3 Å². The minimum absolute atomic E-state index is 0.186. The largest absolute Gasteiger partial charge is 0.493 e. The Kier molecular flexibility index (Phi) is 14.6. The Morgan fingerprint density at radius 2 is 1.71 bits per heavy atom. The third-order valence-electron chi connectivity index (χ3n) is 8.15. The number of carbonyl (C=O) groups is 4. The Hall–Kier alpha value is -4.49. The maximum absolute atomic E-state index is 14.0. The van der Waals surface area contributed by atoms with Crippen LogP contribution in [0.5, 0.6) is 5.75 Å². The van der Waals surface area contributed by atoms with Gasteiger partial charge < -0.3 is 20.7 Å². The summed E-state index contributed by atoms with van der Waals surface area (Å²) in [6.07, 6.45) is 7.82. The number of carbonyl (C=O) groups excluding carboxylic acids is 4. The lowest BCUT2D eigenvalue weighted by Gasteiger charge is -2.25. The van der Waals surface area contributed by atoms with Crippen molar-refractivity contribution in [3.63, 3.8) is 0 Å². The Morgan fingerprint density at radius 3 is 2.44 bits per heavy atom. The summed E-state index contributed by atoms with van der Waals surface area (Å²) in [5.74, 6) is 0.558. The van der Waals surface area contributed by atoms with Gasteiger partial charge in [-0.3, -0.25) is 23.7 Å². The number of aromatic nitrogens is 4. The lowest BCUT2D eigenvalue weighted by molar-refractivity contribution is -0.135. The highest BCUT2D eigenvalue weighted by Gasteiger charge is 2.37. The molecule has 2 aromatic heterocycles. The molecule has 0 aliphatic carbocycles. The Morgan fingerprint density at radius 1 is 0.923 bits per heavy atom. The van der Waals surface area contributed by atoms with E-state index in [1.165, 1.54) is 29.7 Å². The number of hydrogen-bond donors (Lipinski definition) is 3. The van der Waals surface area contributed by atoms with Crippen molar-refractivity contribution < 1.29 is 23.9 Å². The number of anilines is 3. The SMILES string of the molecule is CCCCCCSCC(=O)Nc1ncnc2c1ncn2C(C(=O)Nc1cc(NC(=O)CCCOc2ccc(C)cc2C)ccc1Cl)C(=O)C(C)(C)C. The lowest BCUT2D eigenvalue weighted by atomic mass is 9.86. The summed E-state index contributed by atoms with van der Waals surface area (Å²) in [5.41, 5.74) is 2.31. The van der Waals surface area contributed by atoms with E-state index >= 15 is 0 Å². The lowest BCUT2D eigenvalue weighted by Crippen LogP contribution is -2.38. The van der Waals surface area contributed by atoms with Gasteiger partial charge in [0.15, 0.2) is 28.8 Å². The number of aryl methyl sites for hydroxylation is 2. The van der Waals surface area contributed by atoms with Crippen molar-refractivity contribution in [3.05, 3.63) is 65.2 Å². The number of thioether (sulfide) groups is 1. The normalized spacial score (nSPS) is 12.0. The second-order valence-corrected chi connectivity index (χ2v) is 15.2. The number of nitrogens with one attached hydrogen (secondary N) is 3. The molecule has 14 heteroatoms. The van der Waals surface area contributed by atoms with Gasteiger partial charge in [-0.05, 0) is 62.3 Å². The number of benzene rings is 2. The molecule has 4 rings (SSSR count). The average molecular weight is 750 g/mol. The molecule has 0 spiro atoms. The van der Waals surface area contributed by atoms with Gasteiger partial charge in [-0.25, -0.2) is 15.0 Å². The molecule has 0 aliphatic rings. The standard InChI is InChI=1S/C38H48ClN7O5S/c1-7-8-9-10-18-52-21-31(48)45-35-32-36(41-22-40-35)46(23-42-32)33(34(49)38(4,5)6)37(50)44-28-20-26(14-15-27(28)39)43-30(47)12-11-17-51-29-16-13-24(2)19-25(29)3/h13-16,19-20,22-23,33H,7-12,17-18,21H2,1-6H3,(H,43,47)(H,44,50)(H,40,41,45,48). The maximum atomic E-state index is 14.0. The molecule has 0 saturated heterocycles. The molecule has 52 heavy (non-hydrogen) atoms. The van der Waals surface area contributed by atoms with Crippen molar-refractivity contribution in [1.29, 1.82) is 0 Å². The zero-order valence-electron chi connectivity index (χ0n) is 30.7. The molecule has 0 bridgehead atoms. The highest BCUT2D eigenvalue weighted by atomic mass is 35.5. The zero-order chi connectivity index (χ0) is 37.8. The van der Waals surface area contributed by atoms with Gasteiger partial charge in [0.25, 0.3) is 5.91 Å². The number of hydrogen-bond acceptors (Lipinski definition) is 9. The maximum Gasteiger partial charge on any atom is 0.255 e. The first-order chi connectivity index (χ1) is 24.8. The molecule has 1 atom stereocenters. The Bertz CT molecular complexity index is 1890. The monoisotopic (exact) mass is 749 g/mol. The molecule has 1 unspecified atom stereocenters. The van der Waals surface area contributed by atoms with E-state index in [-0.39, 0.29) is 51.7 Å². The zero-order valence-corrected chi connectivity index (χ0v) is 32.2. The summed E-state index contributed by atoms with van der Waals surface area (Å²) in [6.45, 7) is 11.7. The number of fused-ring (bicyclic) bond motifs is 1. The van der Waals surface area contributed by atoms with Gasteiger partial charge in [0.2, 0.25) is 11.8 Å². The fourth-order valence-electron chi connectivity index (χ4n) is 5.38. The molecular formula is C38H48ClN7O5S. The minimum Gasteiger partial charge on any atom is -0.493 e. The van der Waals surface area contributed by atoms with Gasteiger partial charge in [-0.15, -0.1) is 0 Å². The second kappa shape index (κ2) is 18.8. The third kappa shape index (κ3) is 11.3. The van der Waals surface area contributed by atoms with Gasteiger partial charge in [-0.1, -0.05) is 76.3 Å². The molecule has 278 valence electrons. The van der Waals surface area contributed by atoms with Crippen LogP contribution < -0.4 is 20.7 Å². The van der Waals surface area contributed by atoms with Crippen LogP contribution in [0.3, 0.4) is 0 Å². The van der Waals surface area contributed by atoms with Crippen molar-refractivity contribution in [3.8, 4) is 5.75 Å². The van der Waals surface area contributed by atoms with Crippen molar-refractivity contribution in [2.24, 2.45) is 5.41 Å². The van der Waals surface area contributed by atoms with Gasteiger partial charge in [0.05, 0.1) is 29.4 Å². The summed E-state index contributed by atoms with van der Waals surface area (Å²) < 4.78 is 7.21. The Balaban J connectivity index is 1.45. The van der Waals surface area contributed by atoms with Crippen molar-refractivity contribution in [2.75, 3.05) is 34.1 Å². The van der Waals surface area contributed by atoms with E-state index in [0.717, 1.165) is 41.9 Å². The number of nitrogens with zero attached hydrogens (tertiary/aromatic N) is 4. The first kappa shape index (κ1) is 40.3. The number of Topliss-reactive ketones (excluding diaryl/α,β-unsaturated/α-hetero) is 1. The number of amides is 3. The van der Waals surface area contributed by atoms with Crippen LogP contribution in [0.1, 0.15) is 83.4 Å². The number of halogens is 1. The number of ketones is 1. The van der Waals surface area contributed by atoms with E-state index < -0.39 is 23.1 Å². The van der Waals surface area contributed by atoms with Crippen LogP contribution >= 0.6 is 23.4 Å². The van der Waals surface area contributed by atoms with E-state index in [0.29, 0.717) is 18.7 Å². The predicted molar refractivity (Wildman–Crippen MR) is 208 cm³/mol. The number of rotatable bonds is 18. The number of unbranched alkanes of at least 4 members (excludes halogenated alkanes) is 3. The highest BCUT2D eigenvalue weighted by molar-refractivity contribution is 7.99. The van der Waals surface area contributed by atoms with Crippen molar-refractivity contribution in [2.45, 2.75) is 86.1 Å². The number of imidazole rings is 1. The molecule has 2 aromatic carbocycles. The predicted octanol–water partition coefficient (Wildman–Crippen LogP) is 7.94. The molecule has 4 aromatic rings. The van der Waals surface area contributed by atoms with E-state index in [1.54, 1.807) is 44.7 Å². The quantitative estimate of drug-likeness (QED) is 0.0679. The average Bonchev–Trinajstić information content (AvgIpc) is 3.51. The first-order valence-corrected chi connectivity index (χ1v) is 19.0. The van der Waals surface area contributed by atoms with E-state index in [1.807, 2.05) is 32.0 Å². The summed E-state index contributed by atoms with van der Waals surface area (Å²) in [6, 6.07) is 9.26. The van der Waals surface area contributed by atoms with Crippen molar-refractivity contribution >= 4 is 75.2 Å². The van der Waals surface area contributed by atoms with Crippen LogP contribution in [-0.2, 0) is 19.2 Å². The molecule has 12 nitrogen and oxygen atoms in total. The van der Waals surface area contributed by atoms with Crippen LogP contribution in [0.15, 0.2) is 49.1 Å². The molecule has 0 radical (unpaired) electrons. The summed E-state index contributed by atoms with van der Waals surface area (Å²) in [7, 11) is 0. The minimum atomic E-state index is -1.39. The smallest absolute Gasteiger partial charge is 0.255 e.